The zero-order chi connectivity index (χ0) is 8.43. The summed E-state index contributed by atoms with van der Waals surface area (Å²) < 4.78 is 0. The maximum absolute atomic E-state index is 9.59. The third-order valence-corrected chi connectivity index (χ3v) is 2.52. The van der Waals surface area contributed by atoms with Crippen molar-refractivity contribution < 1.29 is 5.11 Å². The summed E-state index contributed by atoms with van der Waals surface area (Å²) in [7, 11) is 0. The quantitative estimate of drug-likeness (QED) is 0.614. The highest BCUT2D eigenvalue weighted by Crippen LogP contribution is 2.31. The van der Waals surface area contributed by atoms with Gasteiger partial charge in [-0.15, -0.1) is 0 Å². The van der Waals surface area contributed by atoms with E-state index < -0.39 is 0 Å². The molecular weight excluding hydrogens is 136 g/mol. The molecule has 0 radical (unpaired) electrons. The van der Waals surface area contributed by atoms with Gasteiger partial charge in [-0.3, -0.25) is 0 Å². The Kier molecular flexibility index (Phi) is 2.58. The molecule has 0 heterocycles. The molecule has 1 aliphatic carbocycles. The summed E-state index contributed by atoms with van der Waals surface area (Å²) in [5.41, 5.74) is 1.28. The van der Waals surface area contributed by atoms with Crippen molar-refractivity contribution >= 4 is 0 Å². The van der Waals surface area contributed by atoms with Gasteiger partial charge in [0.1, 0.15) is 0 Å². The molecule has 0 aliphatic heterocycles. The number of aliphatic hydroxyl groups is 1. The van der Waals surface area contributed by atoms with Crippen molar-refractivity contribution in [1.29, 1.82) is 0 Å². The van der Waals surface area contributed by atoms with Crippen molar-refractivity contribution in [2.24, 2.45) is 11.8 Å². The van der Waals surface area contributed by atoms with Crippen LogP contribution in [0.15, 0.2) is 11.3 Å². The number of rotatable bonds is 1. The number of hydrogen-bond acceptors (Lipinski definition) is 1. The summed E-state index contributed by atoms with van der Waals surface area (Å²) in [6.07, 6.45) is 3.25. The molecule has 0 fully saturated rings. The van der Waals surface area contributed by atoms with Crippen LogP contribution < -0.4 is 0 Å². The van der Waals surface area contributed by atoms with Crippen molar-refractivity contribution in [3.05, 3.63) is 11.3 Å². The molecule has 1 nitrogen and oxygen atoms in total. The van der Waals surface area contributed by atoms with E-state index in [0.717, 1.165) is 12.8 Å². The van der Waals surface area contributed by atoms with Gasteiger partial charge in [0, 0.05) is 6.42 Å². The van der Waals surface area contributed by atoms with E-state index in [1.54, 1.807) is 0 Å². The summed E-state index contributed by atoms with van der Waals surface area (Å²) in [5, 5.41) is 9.59. The first kappa shape index (κ1) is 8.63. The van der Waals surface area contributed by atoms with Crippen LogP contribution in [0.5, 0.6) is 0 Å². The van der Waals surface area contributed by atoms with Crippen LogP contribution in [0.4, 0.5) is 0 Å². The average molecular weight is 154 g/mol. The SMILES string of the molecule is CC(C)C1=C(O)C[C@H](C)CC1. The summed E-state index contributed by atoms with van der Waals surface area (Å²) >= 11 is 0. The van der Waals surface area contributed by atoms with E-state index in [9.17, 15) is 5.11 Å². The minimum atomic E-state index is 0.530. The molecule has 0 aromatic carbocycles. The molecule has 0 unspecified atom stereocenters. The van der Waals surface area contributed by atoms with E-state index in [4.69, 9.17) is 0 Å². The number of allylic oxidation sites excluding steroid dienone is 2. The minimum Gasteiger partial charge on any atom is -0.512 e. The Balaban J connectivity index is 2.70. The van der Waals surface area contributed by atoms with Crippen LogP contribution in [0.25, 0.3) is 0 Å². The molecule has 1 atom stereocenters. The Morgan fingerprint density at radius 1 is 1.45 bits per heavy atom. The first-order valence-electron chi connectivity index (χ1n) is 4.52. The molecule has 1 rings (SSSR count). The molecule has 0 spiro atoms. The van der Waals surface area contributed by atoms with Crippen LogP contribution in [0.1, 0.15) is 40.0 Å². The third-order valence-electron chi connectivity index (χ3n) is 2.52. The topological polar surface area (TPSA) is 20.2 Å². The van der Waals surface area contributed by atoms with E-state index in [0.29, 0.717) is 17.6 Å². The van der Waals surface area contributed by atoms with Gasteiger partial charge in [-0.2, -0.15) is 0 Å². The smallest absolute Gasteiger partial charge is 0.0919 e. The second-order valence-corrected chi connectivity index (χ2v) is 3.97. The Morgan fingerprint density at radius 2 is 2.09 bits per heavy atom. The largest absolute Gasteiger partial charge is 0.512 e. The normalized spacial score (nSPS) is 26.4. The highest BCUT2D eigenvalue weighted by Gasteiger charge is 2.18. The first-order chi connectivity index (χ1) is 5.11. The number of hydrogen-bond donors (Lipinski definition) is 1. The van der Waals surface area contributed by atoms with E-state index >= 15 is 0 Å². The zero-order valence-electron chi connectivity index (χ0n) is 7.72. The van der Waals surface area contributed by atoms with E-state index in [1.807, 2.05) is 0 Å². The lowest BCUT2D eigenvalue weighted by Crippen LogP contribution is -2.10. The second-order valence-electron chi connectivity index (χ2n) is 3.97. The summed E-state index contributed by atoms with van der Waals surface area (Å²) in [4.78, 5) is 0. The summed E-state index contributed by atoms with van der Waals surface area (Å²) in [6, 6.07) is 0. The molecule has 64 valence electrons. The van der Waals surface area contributed by atoms with Gasteiger partial charge in [0.2, 0.25) is 0 Å². The van der Waals surface area contributed by atoms with Gasteiger partial charge in [0.15, 0.2) is 0 Å². The molecular formula is C10H18O. The van der Waals surface area contributed by atoms with Crippen LogP contribution in [0.2, 0.25) is 0 Å². The third kappa shape index (κ3) is 1.98. The molecule has 0 aromatic rings. The van der Waals surface area contributed by atoms with Crippen LogP contribution in [0, 0.1) is 11.8 Å². The molecule has 1 N–H and O–H groups in total. The Labute approximate surface area is 69.1 Å². The minimum absolute atomic E-state index is 0.530. The van der Waals surface area contributed by atoms with Gasteiger partial charge in [-0.05, 0) is 30.3 Å². The lowest BCUT2D eigenvalue weighted by Gasteiger charge is -2.23. The van der Waals surface area contributed by atoms with Gasteiger partial charge in [0.25, 0.3) is 0 Å². The Hall–Kier alpha value is -0.460. The Bertz CT molecular complexity index is 168. The predicted octanol–water partition coefficient (Wildman–Crippen LogP) is 3.27. The van der Waals surface area contributed by atoms with Gasteiger partial charge in [0.05, 0.1) is 5.76 Å². The van der Waals surface area contributed by atoms with Crippen molar-refractivity contribution in [3.63, 3.8) is 0 Å². The highest BCUT2D eigenvalue weighted by atomic mass is 16.3. The number of aliphatic hydroxyl groups excluding tert-OH is 1. The fourth-order valence-electron chi connectivity index (χ4n) is 1.73. The van der Waals surface area contributed by atoms with Crippen LogP contribution >= 0.6 is 0 Å². The molecule has 0 aromatic heterocycles. The van der Waals surface area contributed by atoms with Crippen molar-refractivity contribution in [2.45, 2.75) is 40.0 Å². The van der Waals surface area contributed by atoms with E-state index in [2.05, 4.69) is 20.8 Å². The Morgan fingerprint density at radius 3 is 2.55 bits per heavy atom. The van der Waals surface area contributed by atoms with Gasteiger partial charge in [-0.25, -0.2) is 0 Å². The van der Waals surface area contributed by atoms with Crippen LogP contribution in [0.3, 0.4) is 0 Å². The molecule has 0 saturated heterocycles. The van der Waals surface area contributed by atoms with Gasteiger partial charge in [-0.1, -0.05) is 20.8 Å². The van der Waals surface area contributed by atoms with E-state index in [1.165, 1.54) is 12.0 Å². The van der Waals surface area contributed by atoms with Gasteiger partial charge >= 0.3 is 0 Å². The van der Waals surface area contributed by atoms with Crippen molar-refractivity contribution in [1.82, 2.24) is 0 Å². The highest BCUT2D eigenvalue weighted by molar-refractivity contribution is 5.13. The molecule has 11 heavy (non-hydrogen) atoms. The fourth-order valence-corrected chi connectivity index (χ4v) is 1.73. The standard InChI is InChI=1S/C10H18O/c1-7(2)9-5-4-8(3)6-10(9)11/h7-8,11H,4-6H2,1-3H3/t8-/m1/s1. The van der Waals surface area contributed by atoms with Crippen LogP contribution in [-0.4, -0.2) is 5.11 Å². The lowest BCUT2D eigenvalue weighted by atomic mass is 9.85. The molecule has 0 amide bonds. The fraction of sp³-hybridized carbons (Fsp3) is 0.800. The first-order valence-corrected chi connectivity index (χ1v) is 4.52. The summed E-state index contributed by atoms with van der Waals surface area (Å²) in [6.45, 7) is 6.51. The molecule has 1 aliphatic rings. The van der Waals surface area contributed by atoms with Crippen molar-refractivity contribution in [3.8, 4) is 0 Å². The average Bonchev–Trinajstić information content (AvgIpc) is 1.85. The van der Waals surface area contributed by atoms with Crippen LogP contribution in [-0.2, 0) is 0 Å². The monoisotopic (exact) mass is 154 g/mol. The maximum Gasteiger partial charge on any atom is 0.0919 e. The zero-order valence-corrected chi connectivity index (χ0v) is 7.72. The molecule has 0 saturated carbocycles. The molecule has 0 bridgehead atoms. The lowest BCUT2D eigenvalue weighted by molar-refractivity contribution is 0.311. The van der Waals surface area contributed by atoms with E-state index in [-0.39, 0.29) is 0 Å². The summed E-state index contributed by atoms with van der Waals surface area (Å²) in [5.74, 6) is 1.87. The van der Waals surface area contributed by atoms with Gasteiger partial charge < -0.3 is 5.11 Å². The predicted molar refractivity (Wildman–Crippen MR) is 47.5 cm³/mol. The molecule has 1 heteroatoms. The van der Waals surface area contributed by atoms with Crippen molar-refractivity contribution in [2.75, 3.05) is 0 Å². The maximum atomic E-state index is 9.59. The second kappa shape index (κ2) is 3.29.